The van der Waals surface area contributed by atoms with Gasteiger partial charge in [0.2, 0.25) is 0 Å². The van der Waals surface area contributed by atoms with E-state index < -0.39 is 11.6 Å². The maximum Gasteiger partial charge on any atom is 0.175 e. The average Bonchev–Trinajstić information content (AvgIpc) is 2.75. The van der Waals surface area contributed by atoms with Crippen molar-refractivity contribution in [3.63, 3.8) is 0 Å². The fraction of sp³-hybridized carbons (Fsp3) is 0.259. The van der Waals surface area contributed by atoms with Crippen LogP contribution in [0.3, 0.4) is 0 Å². The van der Waals surface area contributed by atoms with E-state index in [0.29, 0.717) is 5.56 Å². The molecule has 0 heterocycles. The largest absolute Gasteiger partial charge is 0.203 e. The Balaban J connectivity index is 1.81. The first kappa shape index (κ1) is 20.8. The Labute approximate surface area is 172 Å². The van der Waals surface area contributed by atoms with Crippen LogP contribution in [0.5, 0.6) is 0 Å². The van der Waals surface area contributed by atoms with Crippen molar-refractivity contribution in [2.24, 2.45) is 0 Å². The number of benzene rings is 3. The van der Waals surface area contributed by atoms with Gasteiger partial charge >= 0.3 is 0 Å². The summed E-state index contributed by atoms with van der Waals surface area (Å²) in [4.78, 5) is 0. The van der Waals surface area contributed by atoms with Crippen LogP contribution in [0.1, 0.15) is 55.4 Å². The third kappa shape index (κ3) is 5.33. The number of rotatable bonds is 6. The van der Waals surface area contributed by atoms with Crippen molar-refractivity contribution in [2.75, 3.05) is 0 Å². The molecule has 0 aliphatic carbocycles. The van der Waals surface area contributed by atoms with Gasteiger partial charge < -0.3 is 0 Å². The van der Waals surface area contributed by atoms with Crippen molar-refractivity contribution in [1.29, 1.82) is 0 Å². The zero-order valence-corrected chi connectivity index (χ0v) is 17.1. The topological polar surface area (TPSA) is 0 Å². The van der Waals surface area contributed by atoms with Crippen molar-refractivity contribution in [1.82, 2.24) is 0 Å². The zero-order chi connectivity index (χ0) is 20.6. The number of unbranched alkanes of at least 4 members (excludes halogenated alkanes) is 1. The second-order valence-corrected chi connectivity index (χ2v) is 7.29. The van der Waals surface area contributed by atoms with Crippen LogP contribution < -0.4 is 0 Å². The Morgan fingerprint density at radius 3 is 1.97 bits per heavy atom. The van der Waals surface area contributed by atoms with E-state index >= 15 is 0 Å². The number of halogens is 2. The van der Waals surface area contributed by atoms with E-state index in [4.69, 9.17) is 0 Å². The highest BCUT2D eigenvalue weighted by molar-refractivity contribution is 5.66. The van der Waals surface area contributed by atoms with Gasteiger partial charge in [0.05, 0.1) is 5.56 Å². The highest BCUT2D eigenvalue weighted by Crippen LogP contribution is 2.27. The van der Waals surface area contributed by atoms with Crippen molar-refractivity contribution in [3.8, 4) is 23.0 Å². The molecule has 0 saturated heterocycles. The normalized spacial score (nSPS) is 10.5. The zero-order valence-electron chi connectivity index (χ0n) is 17.1. The number of aryl methyl sites for hydroxylation is 2. The monoisotopic (exact) mass is 388 g/mol. The van der Waals surface area contributed by atoms with Crippen LogP contribution in [-0.2, 0) is 12.8 Å². The Kier molecular flexibility index (Phi) is 7.19. The van der Waals surface area contributed by atoms with Gasteiger partial charge in [0.15, 0.2) is 11.6 Å². The van der Waals surface area contributed by atoms with Crippen LogP contribution in [0.15, 0.2) is 60.7 Å². The number of hydrogen-bond acceptors (Lipinski definition) is 0. The molecule has 0 aliphatic heterocycles. The fourth-order valence-electron chi connectivity index (χ4n) is 3.28. The van der Waals surface area contributed by atoms with Crippen LogP contribution in [0.2, 0.25) is 0 Å². The summed E-state index contributed by atoms with van der Waals surface area (Å²) < 4.78 is 29.3. The van der Waals surface area contributed by atoms with E-state index in [0.717, 1.165) is 37.7 Å². The summed E-state index contributed by atoms with van der Waals surface area (Å²) in [5, 5.41) is 0. The average molecular weight is 389 g/mol. The van der Waals surface area contributed by atoms with Crippen LogP contribution in [0.4, 0.5) is 8.78 Å². The van der Waals surface area contributed by atoms with E-state index in [9.17, 15) is 8.78 Å². The minimum Gasteiger partial charge on any atom is -0.203 e. The molecule has 29 heavy (non-hydrogen) atoms. The summed E-state index contributed by atoms with van der Waals surface area (Å²) in [5.41, 5.74) is 4.26. The third-order valence-corrected chi connectivity index (χ3v) is 5.00. The summed E-state index contributed by atoms with van der Waals surface area (Å²) in [7, 11) is 0. The van der Waals surface area contributed by atoms with E-state index in [1.807, 2.05) is 48.5 Å². The van der Waals surface area contributed by atoms with E-state index in [1.54, 1.807) is 12.1 Å². The molecule has 0 unspecified atom stereocenters. The first-order valence-corrected chi connectivity index (χ1v) is 10.3. The van der Waals surface area contributed by atoms with Crippen molar-refractivity contribution in [2.45, 2.75) is 46.0 Å². The molecule has 0 spiro atoms. The Hall–Kier alpha value is -2.92. The lowest BCUT2D eigenvalue weighted by atomic mass is 9.99. The van der Waals surface area contributed by atoms with Crippen LogP contribution in [0, 0.1) is 23.5 Å². The van der Waals surface area contributed by atoms with E-state index in [-0.39, 0.29) is 11.1 Å². The van der Waals surface area contributed by atoms with Crippen LogP contribution in [0.25, 0.3) is 11.1 Å². The summed E-state index contributed by atoms with van der Waals surface area (Å²) in [6.07, 6.45) is 5.36. The maximum absolute atomic E-state index is 14.7. The second-order valence-electron chi connectivity index (χ2n) is 7.29. The molecule has 3 aromatic rings. The lowest BCUT2D eigenvalue weighted by Gasteiger charge is -2.07. The lowest BCUT2D eigenvalue weighted by molar-refractivity contribution is 0.509. The lowest BCUT2D eigenvalue weighted by Crippen LogP contribution is -1.94. The molecule has 0 fully saturated rings. The molecular weight excluding hydrogens is 362 g/mol. The molecule has 0 amide bonds. The minimum atomic E-state index is -0.896. The Morgan fingerprint density at radius 1 is 0.655 bits per heavy atom. The molecular formula is C27H26F2. The first-order chi connectivity index (χ1) is 14.1. The maximum atomic E-state index is 14.7. The van der Waals surface area contributed by atoms with Gasteiger partial charge in [-0.05, 0) is 60.2 Å². The third-order valence-electron chi connectivity index (χ3n) is 5.00. The van der Waals surface area contributed by atoms with E-state index in [1.165, 1.54) is 11.1 Å². The minimum absolute atomic E-state index is 0.0726. The molecule has 0 saturated carbocycles. The van der Waals surface area contributed by atoms with Gasteiger partial charge in [-0.2, -0.15) is 0 Å². The molecule has 3 aromatic carbocycles. The summed E-state index contributed by atoms with van der Waals surface area (Å²) in [5.74, 6) is 3.95. The Morgan fingerprint density at radius 2 is 1.31 bits per heavy atom. The smallest absolute Gasteiger partial charge is 0.175 e. The first-order valence-electron chi connectivity index (χ1n) is 10.3. The van der Waals surface area contributed by atoms with Crippen molar-refractivity contribution in [3.05, 3.63) is 94.6 Å². The molecule has 0 bridgehead atoms. The van der Waals surface area contributed by atoms with Crippen LogP contribution >= 0.6 is 0 Å². The van der Waals surface area contributed by atoms with Gasteiger partial charge in [-0.1, -0.05) is 74.9 Å². The summed E-state index contributed by atoms with van der Waals surface area (Å²) in [6.45, 7) is 4.29. The second kappa shape index (κ2) is 10.0. The highest BCUT2D eigenvalue weighted by atomic mass is 19.2. The molecule has 0 N–H and O–H groups in total. The molecule has 0 atom stereocenters. The molecule has 148 valence electrons. The fourth-order valence-corrected chi connectivity index (χ4v) is 3.28. The van der Waals surface area contributed by atoms with Gasteiger partial charge in [0.1, 0.15) is 0 Å². The summed E-state index contributed by atoms with van der Waals surface area (Å²) >= 11 is 0. The molecule has 0 aromatic heterocycles. The summed E-state index contributed by atoms with van der Waals surface area (Å²) in [6, 6.07) is 18.7. The molecule has 0 aliphatic rings. The predicted octanol–water partition coefficient (Wildman–Crippen LogP) is 7.33. The SMILES string of the molecule is CCCCc1ccc(-c2ccc(C#Cc3ccc(CCC)cc3)c(F)c2F)cc1. The highest BCUT2D eigenvalue weighted by Gasteiger charge is 2.13. The van der Waals surface area contributed by atoms with Crippen molar-refractivity contribution >= 4 is 0 Å². The Bertz CT molecular complexity index is 1000. The number of hydrogen-bond donors (Lipinski definition) is 0. The molecule has 2 heteroatoms. The van der Waals surface area contributed by atoms with Gasteiger partial charge in [-0.3, -0.25) is 0 Å². The van der Waals surface area contributed by atoms with Gasteiger partial charge in [0, 0.05) is 11.1 Å². The van der Waals surface area contributed by atoms with Gasteiger partial charge in [0.25, 0.3) is 0 Å². The standard InChI is InChI=1S/C27H26F2/c1-3-5-7-21-12-15-23(16-13-21)25-19-18-24(26(28)27(25)29)17-14-22-10-8-20(6-4-2)9-11-22/h8-13,15-16,18-19H,3-7H2,1-2H3. The van der Waals surface area contributed by atoms with Gasteiger partial charge in [-0.15, -0.1) is 0 Å². The predicted molar refractivity (Wildman–Crippen MR) is 117 cm³/mol. The molecule has 0 nitrogen and oxygen atoms in total. The van der Waals surface area contributed by atoms with E-state index in [2.05, 4.69) is 25.7 Å². The molecule has 3 rings (SSSR count). The van der Waals surface area contributed by atoms with Crippen LogP contribution in [-0.4, -0.2) is 0 Å². The van der Waals surface area contributed by atoms with Gasteiger partial charge in [-0.25, -0.2) is 8.78 Å². The molecule has 0 radical (unpaired) electrons. The quantitative estimate of drug-likeness (QED) is 0.388. The van der Waals surface area contributed by atoms with Crippen molar-refractivity contribution < 1.29 is 8.78 Å².